The van der Waals surface area contributed by atoms with Crippen LogP contribution in [0.5, 0.6) is 0 Å². The van der Waals surface area contributed by atoms with Gasteiger partial charge < -0.3 is 63.8 Å². The number of amides is 3. The van der Waals surface area contributed by atoms with Crippen LogP contribution in [-0.2, 0) is 14.4 Å². The van der Waals surface area contributed by atoms with Crippen LogP contribution in [0, 0.1) is 0 Å². The third kappa shape index (κ3) is 11.9. The Hall–Kier alpha value is -4.31. The molecule has 23 heteroatoms. The molecule has 0 aromatic heterocycles. The molecule has 0 fully saturated rings. The fourth-order valence-corrected chi connectivity index (χ4v) is 1.74. The fraction of sp³-hybridized carbons (Fsp3) is 0.250. The molecule has 3 heterocycles. The Labute approximate surface area is 215 Å². The van der Waals surface area contributed by atoms with Crippen molar-refractivity contribution in [1.82, 2.24) is 16.0 Å². The molecule has 3 aliphatic rings. The molecule has 0 saturated heterocycles. The van der Waals surface area contributed by atoms with Crippen LogP contribution in [0.4, 0.5) is 0 Å². The predicted molar refractivity (Wildman–Crippen MR) is 104 cm³/mol. The molecule has 9 N–H and O–H groups in total. The van der Waals surface area contributed by atoms with Gasteiger partial charge >= 0.3 is 34.7 Å². The van der Waals surface area contributed by atoms with E-state index >= 15 is 0 Å². The van der Waals surface area contributed by atoms with Crippen LogP contribution in [0.15, 0.2) is 30.0 Å². The number of carbonyl (C=O) groups excluding carboxylic acids is 3. The molecular formula is C12H12Al2N12O9. The van der Waals surface area contributed by atoms with Crippen molar-refractivity contribution in [3.63, 3.8) is 0 Å². The molecule has 0 radical (unpaired) electrons. The molecule has 0 bridgehead atoms. The van der Waals surface area contributed by atoms with Gasteiger partial charge in [0.2, 0.25) is 18.5 Å². The molecule has 0 aromatic rings. The Kier molecular flexibility index (Phi) is 13.9. The Morgan fingerprint density at radius 1 is 0.600 bits per heavy atom. The number of aliphatic imine (C=N–C) groups is 6. The zero-order chi connectivity index (χ0) is 25.3. The van der Waals surface area contributed by atoms with Gasteiger partial charge in [-0.2, -0.15) is 0 Å². The van der Waals surface area contributed by atoms with Crippen LogP contribution in [0.1, 0.15) is 0 Å². The molecule has 180 valence electrons. The molecule has 3 aliphatic heterocycles. The molecule has 0 saturated carbocycles. The van der Waals surface area contributed by atoms with E-state index in [9.17, 15) is 45.0 Å². The van der Waals surface area contributed by atoms with Gasteiger partial charge in [0.1, 0.15) is 0 Å². The Morgan fingerprint density at radius 3 is 0.914 bits per heavy atom. The van der Waals surface area contributed by atoms with Gasteiger partial charge in [-0.1, -0.05) is 0 Å². The third-order valence-corrected chi connectivity index (χ3v) is 2.86. The van der Waals surface area contributed by atoms with Crippen LogP contribution in [0.25, 0.3) is 0 Å². The maximum Gasteiger partial charge on any atom is 3.00 e. The molecule has 3 unspecified atom stereocenters. The summed E-state index contributed by atoms with van der Waals surface area (Å²) in [5, 5.41) is 66.8. The second kappa shape index (κ2) is 14.8. The molecule has 21 nitrogen and oxygen atoms in total. The van der Waals surface area contributed by atoms with E-state index in [1.54, 1.807) is 0 Å². The molecule has 0 aromatic carbocycles. The summed E-state index contributed by atoms with van der Waals surface area (Å²) in [6, 6.07) is -5.48. The number of hydrogen-bond acceptors (Lipinski definition) is 15. The molecule has 3 atom stereocenters. The number of nitrogens with zero attached hydrogens (tertiary/aromatic N) is 6. The summed E-state index contributed by atoms with van der Waals surface area (Å²) < 4.78 is 0. The molecular weight excluding hydrogens is 510 g/mol. The van der Waals surface area contributed by atoms with Gasteiger partial charge in [0, 0.05) is 18.1 Å². The summed E-state index contributed by atoms with van der Waals surface area (Å²) in [5.74, 6) is -2.18. The minimum absolute atomic E-state index is 0. The van der Waals surface area contributed by atoms with Crippen molar-refractivity contribution in [2.75, 3.05) is 0 Å². The predicted octanol–water partition coefficient (Wildman–Crippen LogP) is -13.3. The average molecular weight is 522 g/mol. The molecule has 35 heavy (non-hydrogen) atoms. The number of nitrogens with two attached hydrogens (primary N) is 3. The largest absolute Gasteiger partial charge is 3.00 e. The van der Waals surface area contributed by atoms with Crippen LogP contribution in [-0.4, -0.2) is 107 Å². The van der Waals surface area contributed by atoms with Crippen LogP contribution in [0.2, 0.25) is 0 Å². The van der Waals surface area contributed by atoms with E-state index in [2.05, 4.69) is 47.2 Å². The molecule has 0 aliphatic carbocycles. The SMILES string of the molecule is N/C([O-])=N\C1N=C([O-])NC1=O.N/C([O-])=N\C1N=C([O-])NC1=O.N/C([O-])=N\C1N=C([O-])NC1=O.[Al+3].[Al+3]. The van der Waals surface area contributed by atoms with Gasteiger partial charge in [0.05, 0.1) is 18.1 Å². The first-order valence-electron chi connectivity index (χ1n) is 7.96. The van der Waals surface area contributed by atoms with Crippen molar-refractivity contribution in [3.05, 3.63) is 0 Å². The summed E-state index contributed by atoms with van der Waals surface area (Å²) in [4.78, 5) is 50.3. The zero-order valence-electron chi connectivity index (χ0n) is 17.0. The van der Waals surface area contributed by atoms with Gasteiger partial charge in [0.25, 0.3) is 17.7 Å². The van der Waals surface area contributed by atoms with Crippen molar-refractivity contribution in [2.24, 2.45) is 47.2 Å². The van der Waals surface area contributed by atoms with E-state index in [0.717, 1.165) is 0 Å². The first kappa shape index (κ1) is 32.9. The number of nitrogens with one attached hydrogen (secondary N) is 3. The van der Waals surface area contributed by atoms with Crippen molar-refractivity contribution in [3.8, 4) is 0 Å². The van der Waals surface area contributed by atoms with E-state index < -0.39 is 72.3 Å². The Balaban J connectivity index is 0. The van der Waals surface area contributed by atoms with E-state index in [1.165, 1.54) is 0 Å². The minimum Gasteiger partial charge on any atom is -0.846 e. The van der Waals surface area contributed by atoms with Crippen molar-refractivity contribution < 1.29 is 45.0 Å². The second-order valence-corrected chi connectivity index (χ2v) is 5.29. The monoisotopic (exact) mass is 522 g/mol. The van der Waals surface area contributed by atoms with Gasteiger partial charge in [-0.15, -0.1) is 0 Å². The van der Waals surface area contributed by atoms with Crippen LogP contribution < -0.4 is 63.8 Å². The summed E-state index contributed by atoms with van der Waals surface area (Å²) in [6.45, 7) is 0. The minimum atomic E-state index is -1.29. The van der Waals surface area contributed by atoms with E-state index in [0.29, 0.717) is 0 Å². The normalized spacial score (nSPS) is 23.3. The third-order valence-electron chi connectivity index (χ3n) is 2.86. The smallest absolute Gasteiger partial charge is 0.846 e. The van der Waals surface area contributed by atoms with Gasteiger partial charge in [-0.3, -0.25) is 14.4 Å². The zero-order valence-corrected chi connectivity index (χ0v) is 19.3. The first-order valence-corrected chi connectivity index (χ1v) is 7.96. The van der Waals surface area contributed by atoms with E-state index in [4.69, 9.17) is 0 Å². The van der Waals surface area contributed by atoms with Crippen molar-refractivity contribution in [1.29, 1.82) is 0 Å². The maximum atomic E-state index is 10.6. The molecule has 3 rings (SSSR count). The summed E-state index contributed by atoms with van der Waals surface area (Å²) in [7, 11) is 0. The van der Waals surface area contributed by atoms with Crippen molar-refractivity contribution >= 4 is 88.6 Å². The Bertz CT molecular complexity index is 860. The molecule has 0 spiro atoms. The summed E-state index contributed by atoms with van der Waals surface area (Å²) in [6.07, 6.45) is -3.88. The summed E-state index contributed by atoms with van der Waals surface area (Å²) in [5.41, 5.74) is 13.9. The molecule has 3 amide bonds. The standard InChI is InChI=1S/3C4H6N4O3.2Al/c3*5-3(10)6-1-2(9)8-4(11)7-1;;/h3*1H,(H3,5,6,10)(H2,7,8,9,11);;/q;;;2*+3/p-6. The Morgan fingerprint density at radius 2 is 0.800 bits per heavy atom. The van der Waals surface area contributed by atoms with Crippen molar-refractivity contribution in [2.45, 2.75) is 18.5 Å². The van der Waals surface area contributed by atoms with Gasteiger partial charge in [-0.05, 0) is 0 Å². The maximum absolute atomic E-state index is 10.6. The number of carbonyl (C=O) groups is 3. The topological polar surface area (TPSA) is 378 Å². The van der Waals surface area contributed by atoms with Crippen LogP contribution >= 0.6 is 0 Å². The number of amidine groups is 6. The van der Waals surface area contributed by atoms with Crippen LogP contribution in [0.3, 0.4) is 0 Å². The number of hydrogen-bond donors (Lipinski definition) is 6. The first-order chi connectivity index (χ1) is 15.3. The quantitative estimate of drug-likeness (QED) is 0.114. The van der Waals surface area contributed by atoms with Gasteiger partial charge in [0.15, 0.2) is 0 Å². The summed E-state index contributed by atoms with van der Waals surface area (Å²) >= 11 is 0. The van der Waals surface area contributed by atoms with E-state index in [-0.39, 0.29) is 34.7 Å². The number of rotatable bonds is 3. The van der Waals surface area contributed by atoms with E-state index in [1.807, 2.05) is 16.0 Å². The second-order valence-electron chi connectivity index (χ2n) is 5.29. The fourth-order valence-electron chi connectivity index (χ4n) is 1.74. The van der Waals surface area contributed by atoms with Gasteiger partial charge in [-0.25, -0.2) is 30.0 Å². The average Bonchev–Trinajstić information content (AvgIpc) is 3.24.